The highest BCUT2D eigenvalue weighted by atomic mass is 35.5. The van der Waals surface area contributed by atoms with Crippen LogP contribution in [0.4, 0.5) is 18.9 Å². The lowest BCUT2D eigenvalue weighted by Crippen LogP contribution is -2.54. The zero-order chi connectivity index (χ0) is 20.5. The highest BCUT2D eigenvalue weighted by Gasteiger charge is 2.34. The fourth-order valence-corrected chi connectivity index (χ4v) is 2.86. The molecule has 3 rings (SSSR count). The highest BCUT2D eigenvalue weighted by molar-refractivity contribution is 7.80. The number of thiocarbonyl (C=S) groups is 1. The summed E-state index contributed by atoms with van der Waals surface area (Å²) in [6, 6.07) is 11.1. The minimum atomic E-state index is -4.86. The molecule has 2 aromatic carbocycles. The lowest BCUT2D eigenvalue weighted by molar-refractivity contribution is -0.274. The van der Waals surface area contributed by atoms with E-state index in [1.807, 2.05) is 0 Å². The van der Waals surface area contributed by atoms with E-state index in [1.54, 1.807) is 24.3 Å². The number of carbonyl (C=O) groups is 2. The number of anilines is 1. The Morgan fingerprint density at radius 3 is 2.43 bits per heavy atom. The Bertz CT molecular complexity index is 990. The van der Waals surface area contributed by atoms with Crippen molar-refractivity contribution in [3.63, 3.8) is 0 Å². The Kier molecular flexibility index (Phi) is 5.39. The van der Waals surface area contributed by atoms with E-state index in [1.165, 1.54) is 12.1 Å². The molecule has 0 aliphatic carbocycles. The van der Waals surface area contributed by atoms with Crippen LogP contribution < -0.4 is 15.0 Å². The van der Waals surface area contributed by atoms with Gasteiger partial charge in [0.2, 0.25) is 0 Å². The van der Waals surface area contributed by atoms with Gasteiger partial charge in [-0.1, -0.05) is 23.7 Å². The van der Waals surface area contributed by atoms with Crippen LogP contribution in [0.3, 0.4) is 0 Å². The topological polar surface area (TPSA) is 58.6 Å². The number of carbonyl (C=O) groups excluding carboxylic acids is 2. The Morgan fingerprint density at radius 1 is 1.11 bits per heavy atom. The van der Waals surface area contributed by atoms with E-state index < -0.39 is 23.9 Å². The van der Waals surface area contributed by atoms with Crippen LogP contribution in [-0.4, -0.2) is 23.3 Å². The van der Waals surface area contributed by atoms with Crippen molar-refractivity contribution in [2.45, 2.75) is 6.36 Å². The molecular formula is C18H10ClF3N2O3S. The fourth-order valence-electron chi connectivity index (χ4n) is 2.45. The van der Waals surface area contributed by atoms with Crippen LogP contribution in [0.5, 0.6) is 5.75 Å². The molecule has 1 heterocycles. The molecule has 0 spiro atoms. The van der Waals surface area contributed by atoms with Crippen molar-refractivity contribution in [1.82, 2.24) is 5.32 Å². The third kappa shape index (κ3) is 4.49. The minimum absolute atomic E-state index is 0.122. The lowest BCUT2D eigenvalue weighted by Gasteiger charge is -2.29. The van der Waals surface area contributed by atoms with E-state index in [4.69, 9.17) is 23.8 Å². The SMILES string of the molecule is O=C1NC(=S)N(c2ccc(Cl)cc2)C(=O)/C1=C/c1cccc(OC(F)(F)F)c1. The van der Waals surface area contributed by atoms with Gasteiger partial charge in [0.05, 0.1) is 5.69 Å². The first-order valence-electron chi connectivity index (χ1n) is 7.67. The summed E-state index contributed by atoms with van der Waals surface area (Å²) in [5.41, 5.74) is 0.247. The second-order valence-electron chi connectivity index (χ2n) is 5.55. The van der Waals surface area contributed by atoms with Gasteiger partial charge in [0.15, 0.2) is 5.11 Å². The fraction of sp³-hybridized carbons (Fsp3) is 0.0556. The van der Waals surface area contributed by atoms with Gasteiger partial charge in [-0.2, -0.15) is 0 Å². The van der Waals surface area contributed by atoms with Gasteiger partial charge in [-0.25, -0.2) is 0 Å². The average Bonchev–Trinajstić information content (AvgIpc) is 2.59. The second-order valence-corrected chi connectivity index (χ2v) is 6.38. The average molecular weight is 427 g/mol. The molecule has 0 saturated carbocycles. The summed E-state index contributed by atoms with van der Waals surface area (Å²) in [7, 11) is 0. The van der Waals surface area contributed by atoms with Gasteiger partial charge in [0.1, 0.15) is 11.3 Å². The summed E-state index contributed by atoms with van der Waals surface area (Å²) in [6.07, 6.45) is -3.70. The second kappa shape index (κ2) is 7.61. The normalized spacial score (nSPS) is 16.4. The standard InChI is InChI=1S/C18H10ClF3N2O3S/c19-11-4-6-12(7-5-11)24-16(26)14(15(25)23-17(24)28)9-10-2-1-3-13(8-10)27-18(20,21)22/h1-9H,(H,23,25,28)/b14-9+. The van der Waals surface area contributed by atoms with Crippen LogP contribution in [0.15, 0.2) is 54.1 Å². The van der Waals surface area contributed by atoms with Crippen molar-refractivity contribution in [2.24, 2.45) is 0 Å². The Hall–Kier alpha value is -2.91. The Morgan fingerprint density at radius 2 is 1.79 bits per heavy atom. The molecular weight excluding hydrogens is 417 g/mol. The van der Waals surface area contributed by atoms with Crippen molar-refractivity contribution in [3.05, 3.63) is 64.7 Å². The van der Waals surface area contributed by atoms with Gasteiger partial charge in [0, 0.05) is 5.02 Å². The Labute approximate surface area is 167 Å². The molecule has 1 saturated heterocycles. The van der Waals surface area contributed by atoms with E-state index in [9.17, 15) is 22.8 Å². The maximum Gasteiger partial charge on any atom is 0.573 e. The van der Waals surface area contributed by atoms with E-state index in [2.05, 4.69) is 10.1 Å². The van der Waals surface area contributed by atoms with Gasteiger partial charge in [-0.15, -0.1) is 13.2 Å². The van der Waals surface area contributed by atoms with Crippen molar-refractivity contribution >= 4 is 52.5 Å². The van der Waals surface area contributed by atoms with E-state index >= 15 is 0 Å². The molecule has 1 aliphatic heterocycles. The zero-order valence-corrected chi connectivity index (χ0v) is 15.4. The van der Waals surface area contributed by atoms with Crippen LogP contribution in [0, 0.1) is 0 Å². The van der Waals surface area contributed by atoms with Crippen LogP contribution in [0.25, 0.3) is 6.08 Å². The molecule has 0 radical (unpaired) electrons. The lowest BCUT2D eigenvalue weighted by atomic mass is 10.1. The Balaban J connectivity index is 1.95. The molecule has 1 aliphatic rings. The first-order chi connectivity index (χ1) is 13.1. The van der Waals surface area contributed by atoms with Gasteiger partial charge in [0.25, 0.3) is 11.8 Å². The molecule has 0 atom stereocenters. The number of nitrogens with zero attached hydrogens (tertiary/aromatic N) is 1. The van der Waals surface area contributed by atoms with Gasteiger partial charge >= 0.3 is 6.36 Å². The minimum Gasteiger partial charge on any atom is -0.406 e. The van der Waals surface area contributed by atoms with E-state index in [0.29, 0.717) is 10.7 Å². The number of halogens is 4. The molecule has 0 aromatic heterocycles. The first-order valence-corrected chi connectivity index (χ1v) is 8.45. The third-order valence-corrected chi connectivity index (χ3v) is 4.13. The van der Waals surface area contributed by atoms with Crippen LogP contribution in [0.2, 0.25) is 5.02 Å². The van der Waals surface area contributed by atoms with Crippen LogP contribution in [-0.2, 0) is 9.59 Å². The van der Waals surface area contributed by atoms with Crippen LogP contribution >= 0.6 is 23.8 Å². The van der Waals surface area contributed by atoms with Crippen molar-refractivity contribution in [2.75, 3.05) is 4.90 Å². The van der Waals surface area contributed by atoms with Crippen molar-refractivity contribution in [3.8, 4) is 5.75 Å². The smallest absolute Gasteiger partial charge is 0.406 e. The molecule has 0 bridgehead atoms. The number of hydrogen-bond donors (Lipinski definition) is 1. The van der Waals surface area contributed by atoms with Crippen LogP contribution in [0.1, 0.15) is 5.56 Å². The molecule has 10 heteroatoms. The summed E-state index contributed by atoms with van der Waals surface area (Å²) in [5, 5.41) is 2.70. The number of benzene rings is 2. The summed E-state index contributed by atoms with van der Waals surface area (Å²) in [4.78, 5) is 26.1. The monoisotopic (exact) mass is 426 g/mol. The molecule has 5 nitrogen and oxygen atoms in total. The summed E-state index contributed by atoms with van der Waals surface area (Å²) < 4.78 is 41.0. The molecule has 2 amide bonds. The maximum atomic E-state index is 12.8. The van der Waals surface area contributed by atoms with Gasteiger partial charge in [-0.3, -0.25) is 19.8 Å². The molecule has 1 N–H and O–H groups in total. The molecule has 2 aromatic rings. The quantitative estimate of drug-likeness (QED) is 0.456. The number of hydrogen-bond acceptors (Lipinski definition) is 4. The first kappa shape index (κ1) is 19.8. The molecule has 144 valence electrons. The maximum absolute atomic E-state index is 12.8. The molecule has 1 fully saturated rings. The summed E-state index contributed by atoms with van der Waals surface area (Å²) in [6.45, 7) is 0. The van der Waals surface area contributed by atoms with Gasteiger partial charge in [-0.05, 0) is 60.3 Å². The number of alkyl halides is 3. The number of nitrogens with one attached hydrogen (secondary N) is 1. The van der Waals surface area contributed by atoms with Crippen molar-refractivity contribution in [1.29, 1.82) is 0 Å². The zero-order valence-electron chi connectivity index (χ0n) is 13.8. The van der Waals surface area contributed by atoms with E-state index in [-0.39, 0.29) is 16.2 Å². The number of rotatable bonds is 3. The highest BCUT2D eigenvalue weighted by Crippen LogP contribution is 2.26. The summed E-state index contributed by atoms with van der Waals surface area (Å²) in [5.74, 6) is -1.96. The third-order valence-electron chi connectivity index (χ3n) is 3.59. The predicted octanol–water partition coefficient (Wildman–Crippen LogP) is 4.07. The predicted molar refractivity (Wildman–Crippen MR) is 101 cm³/mol. The molecule has 28 heavy (non-hydrogen) atoms. The number of amides is 2. The van der Waals surface area contributed by atoms with E-state index in [0.717, 1.165) is 23.1 Å². The summed E-state index contributed by atoms with van der Waals surface area (Å²) >= 11 is 10.9. The molecule has 0 unspecified atom stereocenters. The van der Waals surface area contributed by atoms with Crippen molar-refractivity contribution < 1.29 is 27.5 Å². The van der Waals surface area contributed by atoms with Gasteiger partial charge < -0.3 is 4.74 Å². The largest absolute Gasteiger partial charge is 0.573 e. The number of ether oxygens (including phenoxy) is 1.